The standard InChI is InChI=1S/C18H23FN2O3/c19-7-8-24-16-9-13(5-6-14(16)11-1-2-11)18(23)21-15(10-17(20)22)12-3-4-12/h5-6,9,11-12,15H,1-4,7-8,10H2,(H2,20,22)(H,21,23). The minimum absolute atomic E-state index is 0.0167. The van der Waals surface area contributed by atoms with Gasteiger partial charge in [-0.2, -0.15) is 0 Å². The maximum Gasteiger partial charge on any atom is 0.251 e. The molecule has 0 bridgehead atoms. The van der Waals surface area contributed by atoms with Crippen LogP contribution in [0.5, 0.6) is 5.75 Å². The Morgan fingerprint density at radius 1 is 1.29 bits per heavy atom. The summed E-state index contributed by atoms with van der Waals surface area (Å²) in [5, 5.41) is 2.90. The van der Waals surface area contributed by atoms with Crippen molar-refractivity contribution < 1.29 is 18.7 Å². The number of alkyl halides is 1. The molecule has 2 aliphatic carbocycles. The summed E-state index contributed by atoms with van der Waals surface area (Å²) >= 11 is 0. The van der Waals surface area contributed by atoms with Crippen molar-refractivity contribution in [1.29, 1.82) is 0 Å². The highest BCUT2D eigenvalue weighted by Crippen LogP contribution is 2.44. The second-order valence-electron chi connectivity index (χ2n) is 6.65. The molecule has 2 fully saturated rings. The quantitative estimate of drug-likeness (QED) is 0.727. The largest absolute Gasteiger partial charge is 0.491 e. The van der Waals surface area contributed by atoms with Crippen molar-refractivity contribution >= 4 is 11.8 Å². The summed E-state index contributed by atoms with van der Waals surface area (Å²) < 4.78 is 17.9. The van der Waals surface area contributed by atoms with Gasteiger partial charge in [0.2, 0.25) is 5.91 Å². The Balaban J connectivity index is 1.72. The first-order chi connectivity index (χ1) is 11.6. The Kier molecular flexibility index (Phi) is 5.02. The van der Waals surface area contributed by atoms with E-state index in [1.807, 2.05) is 6.07 Å². The van der Waals surface area contributed by atoms with E-state index in [1.165, 1.54) is 0 Å². The molecule has 1 unspecified atom stereocenters. The van der Waals surface area contributed by atoms with Gasteiger partial charge >= 0.3 is 0 Å². The molecule has 0 spiro atoms. The monoisotopic (exact) mass is 334 g/mol. The van der Waals surface area contributed by atoms with E-state index in [9.17, 15) is 14.0 Å². The van der Waals surface area contributed by atoms with Crippen molar-refractivity contribution in [2.75, 3.05) is 13.3 Å². The molecular weight excluding hydrogens is 311 g/mol. The first kappa shape index (κ1) is 16.7. The molecular formula is C18H23FN2O3. The van der Waals surface area contributed by atoms with E-state index < -0.39 is 12.6 Å². The van der Waals surface area contributed by atoms with Gasteiger partial charge in [-0.05, 0) is 55.2 Å². The Hall–Kier alpha value is -2.11. The van der Waals surface area contributed by atoms with E-state index >= 15 is 0 Å². The van der Waals surface area contributed by atoms with Gasteiger partial charge in [0, 0.05) is 18.0 Å². The van der Waals surface area contributed by atoms with Gasteiger partial charge in [-0.15, -0.1) is 0 Å². The number of rotatable bonds is 9. The number of nitrogens with one attached hydrogen (secondary N) is 1. The van der Waals surface area contributed by atoms with E-state index in [0.717, 1.165) is 31.2 Å². The lowest BCUT2D eigenvalue weighted by Crippen LogP contribution is -2.39. The molecule has 130 valence electrons. The third-order valence-electron chi connectivity index (χ3n) is 4.56. The predicted molar refractivity (Wildman–Crippen MR) is 87.7 cm³/mol. The third-order valence-corrected chi connectivity index (χ3v) is 4.56. The van der Waals surface area contributed by atoms with Crippen LogP contribution in [0.1, 0.15) is 53.9 Å². The fourth-order valence-corrected chi connectivity index (χ4v) is 2.98. The number of hydrogen-bond acceptors (Lipinski definition) is 3. The fourth-order valence-electron chi connectivity index (χ4n) is 2.98. The molecule has 3 N–H and O–H groups in total. The number of nitrogens with two attached hydrogens (primary N) is 1. The molecule has 1 atom stereocenters. The van der Waals surface area contributed by atoms with Gasteiger partial charge in [0.25, 0.3) is 5.91 Å². The normalized spacial score (nSPS) is 18.0. The number of primary amides is 1. The van der Waals surface area contributed by atoms with E-state index in [4.69, 9.17) is 10.5 Å². The van der Waals surface area contributed by atoms with Crippen LogP contribution in [0, 0.1) is 5.92 Å². The number of carbonyl (C=O) groups excluding carboxylic acids is 2. The molecule has 2 saturated carbocycles. The average molecular weight is 334 g/mol. The van der Waals surface area contributed by atoms with Gasteiger partial charge in [-0.3, -0.25) is 9.59 Å². The van der Waals surface area contributed by atoms with Crippen molar-refractivity contribution in [3.05, 3.63) is 29.3 Å². The second-order valence-corrected chi connectivity index (χ2v) is 6.65. The molecule has 0 heterocycles. The number of halogens is 1. The molecule has 2 amide bonds. The third kappa shape index (κ3) is 4.24. The van der Waals surface area contributed by atoms with Gasteiger partial charge < -0.3 is 15.8 Å². The summed E-state index contributed by atoms with van der Waals surface area (Å²) in [6, 6.07) is 5.11. The van der Waals surface area contributed by atoms with Crippen LogP contribution in [-0.2, 0) is 4.79 Å². The van der Waals surface area contributed by atoms with Crippen molar-refractivity contribution in [3.8, 4) is 5.75 Å². The van der Waals surface area contributed by atoms with Crippen LogP contribution in [0.15, 0.2) is 18.2 Å². The van der Waals surface area contributed by atoms with Crippen LogP contribution >= 0.6 is 0 Å². The first-order valence-electron chi connectivity index (χ1n) is 8.50. The zero-order valence-electron chi connectivity index (χ0n) is 13.6. The summed E-state index contributed by atoms with van der Waals surface area (Å²) in [6.07, 6.45) is 4.36. The number of carbonyl (C=O) groups is 2. The maximum atomic E-state index is 12.5. The highest BCUT2D eigenvalue weighted by Gasteiger charge is 2.34. The zero-order chi connectivity index (χ0) is 17.1. The molecule has 1 aromatic rings. The highest BCUT2D eigenvalue weighted by molar-refractivity contribution is 5.95. The molecule has 0 saturated heterocycles. The van der Waals surface area contributed by atoms with Crippen LogP contribution in [0.4, 0.5) is 4.39 Å². The van der Waals surface area contributed by atoms with Crippen LogP contribution in [0.2, 0.25) is 0 Å². The van der Waals surface area contributed by atoms with E-state index in [1.54, 1.807) is 12.1 Å². The summed E-state index contributed by atoms with van der Waals surface area (Å²) in [7, 11) is 0. The molecule has 3 rings (SSSR count). The topological polar surface area (TPSA) is 81.4 Å². The lowest BCUT2D eigenvalue weighted by molar-refractivity contribution is -0.118. The van der Waals surface area contributed by atoms with Crippen molar-refractivity contribution in [2.45, 2.75) is 44.1 Å². The van der Waals surface area contributed by atoms with E-state index in [0.29, 0.717) is 23.1 Å². The van der Waals surface area contributed by atoms with Crippen LogP contribution in [-0.4, -0.2) is 31.1 Å². The summed E-state index contributed by atoms with van der Waals surface area (Å²) in [4.78, 5) is 23.7. The Labute approximate surface area is 140 Å². The summed E-state index contributed by atoms with van der Waals surface area (Å²) in [6.45, 7) is -0.583. The molecule has 0 aromatic heterocycles. The fraction of sp³-hybridized carbons (Fsp3) is 0.556. The highest BCUT2D eigenvalue weighted by atomic mass is 19.1. The van der Waals surface area contributed by atoms with Gasteiger partial charge in [0.05, 0.1) is 0 Å². The smallest absolute Gasteiger partial charge is 0.251 e. The van der Waals surface area contributed by atoms with Crippen LogP contribution in [0.25, 0.3) is 0 Å². The second kappa shape index (κ2) is 7.20. The predicted octanol–water partition coefficient (Wildman–Crippen LogP) is 2.30. The number of hydrogen-bond donors (Lipinski definition) is 2. The molecule has 0 radical (unpaired) electrons. The van der Waals surface area contributed by atoms with Crippen LogP contribution in [0.3, 0.4) is 0 Å². The Morgan fingerprint density at radius 2 is 2.04 bits per heavy atom. The molecule has 2 aliphatic rings. The number of ether oxygens (including phenoxy) is 1. The lowest BCUT2D eigenvalue weighted by Gasteiger charge is -2.17. The first-order valence-corrected chi connectivity index (χ1v) is 8.50. The lowest BCUT2D eigenvalue weighted by atomic mass is 10.0. The van der Waals surface area contributed by atoms with Crippen molar-refractivity contribution in [3.63, 3.8) is 0 Å². The zero-order valence-corrected chi connectivity index (χ0v) is 13.6. The minimum atomic E-state index is -0.567. The maximum absolute atomic E-state index is 12.5. The Morgan fingerprint density at radius 3 is 2.62 bits per heavy atom. The molecule has 5 nitrogen and oxygen atoms in total. The molecule has 1 aromatic carbocycles. The number of benzene rings is 1. The van der Waals surface area contributed by atoms with Gasteiger partial charge in [0.15, 0.2) is 0 Å². The SMILES string of the molecule is NC(=O)CC(NC(=O)c1ccc(C2CC2)c(OCCF)c1)C1CC1. The molecule has 6 heteroatoms. The van der Waals surface area contributed by atoms with Gasteiger partial charge in [0.1, 0.15) is 19.0 Å². The average Bonchev–Trinajstić information content (AvgIpc) is 3.44. The van der Waals surface area contributed by atoms with E-state index in [2.05, 4.69) is 5.32 Å². The van der Waals surface area contributed by atoms with Crippen LogP contribution < -0.4 is 15.8 Å². The summed E-state index contributed by atoms with van der Waals surface area (Å²) in [5.41, 5.74) is 6.77. The molecule has 24 heavy (non-hydrogen) atoms. The Bertz CT molecular complexity index is 627. The van der Waals surface area contributed by atoms with Gasteiger partial charge in [-0.25, -0.2) is 4.39 Å². The molecule has 0 aliphatic heterocycles. The minimum Gasteiger partial charge on any atom is -0.491 e. The number of amides is 2. The van der Waals surface area contributed by atoms with E-state index in [-0.39, 0.29) is 25.0 Å². The van der Waals surface area contributed by atoms with Gasteiger partial charge in [-0.1, -0.05) is 6.07 Å². The van der Waals surface area contributed by atoms with Crippen molar-refractivity contribution in [2.24, 2.45) is 11.7 Å². The van der Waals surface area contributed by atoms with Crippen molar-refractivity contribution in [1.82, 2.24) is 5.32 Å². The summed E-state index contributed by atoms with van der Waals surface area (Å²) in [5.74, 6) is 0.699.